The second-order valence-corrected chi connectivity index (χ2v) is 9.99. The van der Waals surface area contributed by atoms with Crippen LogP contribution in [0.15, 0.2) is 79.0 Å². The summed E-state index contributed by atoms with van der Waals surface area (Å²) in [5.41, 5.74) is 8.38. The molecule has 1 aliphatic rings. The molecule has 0 unspecified atom stereocenters. The van der Waals surface area contributed by atoms with Gasteiger partial charge in [0.05, 0.1) is 26.4 Å². The van der Waals surface area contributed by atoms with E-state index in [1.54, 1.807) is 13.2 Å². The summed E-state index contributed by atoms with van der Waals surface area (Å²) in [7, 11) is 1.59. The van der Waals surface area contributed by atoms with Crippen molar-refractivity contribution in [2.24, 2.45) is 5.73 Å². The molecule has 2 aromatic carbocycles. The molecule has 1 aromatic heterocycles. The third kappa shape index (κ3) is 9.93. The first-order valence-corrected chi connectivity index (χ1v) is 14.2. The van der Waals surface area contributed by atoms with E-state index in [0.29, 0.717) is 26.4 Å². The van der Waals surface area contributed by atoms with E-state index in [4.69, 9.17) is 34.2 Å². The molecule has 0 spiro atoms. The van der Waals surface area contributed by atoms with Crippen LogP contribution in [-0.2, 0) is 48.2 Å². The summed E-state index contributed by atoms with van der Waals surface area (Å²) in [5.74, 6) is -0.544. The maximum atomic E-state index is 13.4. The number of ether oxygens (including phenoxy) is 6. The summed E-state index contributed by atoms with van der Waals surface area (Å²) in [4.78, 5) is 3.76. The quantitative estimate of drug-likeness (QED) is 0.184. The molecule has 4 rings (SSSR count). The average molecular weight is 569 g/mol. The van der Waals surface area contributed by atoms with E-state index in [2.05, 4.69) is 4.98 Å². The van der Waals surface area contributed by atoms with E-state index in [0.717, 1.165) is 36.0 Å². The Morgan fingerprint density at radius 2 is 1.39 bits per heavy atom. The number of unbranched alkanes of at least 4 members (excludes halogenated alkanes) is 2. The summed E-state index contributed by atoms with van der Waals surface area (Å²) in [5, 5.41) is 0. The van der Waals surface area contributed by atoms with E-state index in [9.17, 15) is 4.39 Å². The van der Waals surface area contributed by atoms with E-state index in [-0.39, 0.29) is 13.2 Å². The van der Waals surface area contributed by atoms with Crippen LogP contribution in [0.2, 0.25) is 0 Å². The first-order chi connectivity index (χ1) is 20.2. The molecule has 5 atom stereocenters. The lowest BCUT2D eigenvalue weighted by atomic mass is 9.98. The first kappa shape index (κ1) is 31.2. The topological polar surface area (TPSA) is 94.3 Å². The van der Waals surface area contributed by atoms with Gasteiger partial charge in [-0.2, -0.15) is 4.39 Å². The molecule has 41 heavy (non-hydrogen) atoms. The van der Waals surface area contributed by atoms with Crippen molar-refractivity contribution in [3.8, 4) is 0 Å². The normalized spacial score (nSPS) is 22.6. The molecule has 222 valence electrons. The highest BCUT2D eigenvalue weighted by molar-refractivity contribution is 5.15. The number of rotatable bonds is 17. The van der Waals surface area contributed by atoms with Crippen LogP contribution in [0, 0.1) is 5.95 Å². The highest BCUT2D eigenvalue weighted by atomic mass is 19.1. The second kappa shape index (κ2) is 17.3. The smallest absolute Gasteiger partial charge is 0.212 e. The lowest BCUT2D eigenvalue weighted by Gasteiger charge is -2.45. The molecule has 0 amide bonds. The van der Waals surface area contributed by atoms with Crippen LogP contribution in [-0.4, -0.2) is 62.6 Å². The van der Waals surface area contributed by atoms with Gasteiger partial charge < -0.3 is 34.2 Å². The zero-order valence-corrected chi connectivity index (χ0v) is 23.6. The van der Waals surface area contributed by atoms with Gasteiger partial charge in [0.1, 0.15) is 24.4 Å². The highest BCUT2D eigenvalue weighted by Crippen LogP contribution is 2.31. The number of aromatic nitrogens is 1. The van der Waals surface area contributed by atoms with Crippen molar-refractivity contribution in [2.45, 2.75) is 69.8 Å². The van der Waals surface area contributed by atoms with Crippen LogP contribution >= 0.6 is 0 Å². The fraction of sp³-hybridized carbons (Fsp3) is 0.469. The van der Waals surface area contributed by atoms with E-state index < -0.39 is 36.7 Å². The lowest BCUT2D eigenvalue weighted by molar-refractivity contribution is -0.323. The number of nitrogens with zero attached hydrogens (tertiary/aromatic N) is 1. The standard InChI is InChI=1S/C32H41FN2O6/c1-36-32-31(40-21-25-13-7-3-8-14-25)30(39-20-24-11-5-2-6-12-24)29(38-22-26-15-16-28(33)35-19-26)27(41-32)23-37-18-10-4-9-17-34/h2-3,5-8,11-16,19,27,29-32H,4,9-10,17-18,20-23,34H2,1H3/t27-,29-,30+,31-,32-/m1/s1. The molecule has 1 aliphatic heterocycles. The van der Waals surface area contributed by atoms with Gasteiger partial charge in [-0.3, -0.25) is 0 Å². The first-order valence-electron chi connectivity index (χ1n) is 14.2. The molecule has 0 saturated carbocycles. The monoisotopic (exact) mass is 568 g/mol. The van der Waals surface area contributed by atoms with Gasteiger partial charge in [0.15, 0.2) is 6.29 Å². The average Bonchev–Trinajstić information content (AvgIpc) is 3.01. The van der Waals surface area contributed by atoms with Gasteiger partial charge in [-0.15, -0.1) is 0 Å². The largest absolute Gasteiger partial charge is 0.379 e. The van der Waals surface area contributed by atoms with Crippen molar-refractivity contribution in [3.63, 3.8) is 0 Å². The van der Waals surface area contributed by atoms with Crippen LogP contribution in [0.5, 0.6) is 0 Å². The summed E-state index contributed by atoms with van der Waals surface area (Å²) in [6, 6.07) is 22.8. The van der Waals surface area contributed by atoms with Gasteiger partial charge in [-0.05, 0) is 48.6 Å². The summed E-state index contributed by atoms with van der Waals surface area (Å²) in [6.45, 7) is 2.40. The van der Waals surface area contributed by atoms with Crippen molar-refractivity contribution < 1.29 is 32.8 Å². The Morgan fingerprint density at radius 3 is 2.00 bits per heavy atom. The molecule has 0 radical (unpaired) electrons. The van der Waals surface area contributed by atoms with Crippen LogP contribution in [0.25, 0.3) is 0 Å². The van der Waals surface area contributed by atoms with Crippen molar-refractivity contribution in [1.29, 1.82) is 0 Å². The molecule has 1 saturated heterocycles. The molecule has 0 bridgehead atoms. The summed E-state index contributed by atoms with van der Waals surface area (Å²) >= 11 is 0. The summed E-state index contributed by atoms with van der Waals surface area (Å²) in [6.07, 6.45) is 1.39. The van der Waals surface area contributed by atoms with E-state index >= 15 is 0 Å². The Morgan fingerprint density at radius 1 is 0.756 bits per heavy atom. The van der Waals surface area contributed by atoms with Crippen molar-refractivity contribution >= 4 is 0 Å². The molecule has 3 aromatic rings. The van der Waals surface area contributed by atoms with E-state index in [1.165, 1.54) is 12.3 Å². The Bertz CT molecular complexity index is 1110. The van der Waals surface area contributed by atoms with Gasteiger partial charge in [-0.1, -0.05) is 66.7 Å². The van der Waals surface area contributed by atoms with Crippen LogP contribution in [0.4, 0.5) is 4.39 Å². The molecule has 0 aliphatic carbocycles. The molecule has 9 heteroatoms. The highest BCUT2D eigenvalue weighted by Gasteiger charge is 2.48. The number of hydrogen-bond acceptors (Lipinski definition) is 8. The Balaban J connectivity index is 1.55. The fourth-order valence-electron chi connectivity index (χ4n) is 4.71. The second-order valence-electron chi connectivity index (χ2n) is 9.99. The molecule has 2 heterocycles. The molecule has 8 nitrogen and oxygen atoms in total. The zero-order valence-electron chi connectivity index (χ0n) is 23.6. The third-order valence-corrected chi connectivity index (χ3v) is 6.90. The Labute approximate surface area is 241 Å². The van der Waals surface area contributed by atoms with Gasteiger partial charge in [0.25, 0.3) is 0 Å². The number of hydrogen-bond donors (Lipinski definition) is 1. The number of methoxy groups -OCH3 is 1. The lowest BCUT2D eigenvalue weighted by Crippen LogP contribution is -2.61. The van der Waals surface area contributed by atoms with Gasteiger partial charge in [0, 0.05) is 19.9 Å². The van der Waals surface area contributed by atoms with Gasteiger partial charge >= 0.3 is 0 Å². The van der Waals surface area contributed by atoms with Crippen molar-refractivity contribution in [2.75, 3.05) is 26.9 Å². The molecule has 2 N–H and O–H groups in total. The Kier molecular flexibility index (Phi) is 13.1. The fourth-order valence-corrected chi connectivity index (χ4v) is 4.71. The molecule has 1 fully saturated rings. The molecular weight excluding hydrogens is 527 g/mol. The maximum Gasteiger partial charge on any atom is 0.212 e. The minimum atomic E-state index is -0.710. The minimum Gasteiger partial charge on any atom is -0.379 e. The summed E-state index contributed by atoms with van der Waals surface area (Å²) < 4.78 is 51.1. The Hall–Kier alpha value is -2.76. The number of benzene rings is 2. The van der Waals surface area contributed by atoms with Gasteiger partial charge in [-0.25, -0.2) is 4.98 Å². The number of pyridine rings is 1. The van der Waals surface area contributed by atoms with Crippen LogP contribution in [0.1, 0.15) is 36.0 Å². The number of nitrogens with two attached hydrogens (primary N) is 1. The zero-order chi connectivity index (χ0) is 28.7. The third-order valence-electron chi connectivity index (χ3n) is 6.90. The van der Waals surface area contributed by atoms with Crippen molar-refractivity contribution in [1.82, 2.24) is 4.98 Å². The van der Waals surface area contributed by atoms with Gasteiger partial charge in [0.2, 0.25) is 5.95 Å². The predicted molar refractivity (Wildman–Crippen MR) is 152 cm³/mol. The SMILES string of the molecule is CO[C@@H]1O[C@H](COCCCCCN)[C@@H](OCc2ccc(F)nc2)[C@H](OCc2ccccc2)[C@H]1OCc1ccccc1. The van der Waals surface area contributed by atoms with E-state index in [1.807, 2.05) is 60.7 Å². The number of halogens is 1. The van der Waals surface area contributed by atoms with Crippen molar-refractivity contribution in [3.05, 3.63) is 102 Å². The predicted octanol–water partition coefficient (Wildman–Crippen LogP) is 4.79. The van der Waals surface area contributed by atoms with Crippen LogP contribution < -0.4 is 5.73 Å². The maximum absolute atomic E-state index is 13.4. The molecular formula is C32H41FN2O6. The minimum absolute atomic E-state index is 0.183. The van der Waals surface area contributed by atoms with Crippen LogP contribution in [0.3, 0.4) is 0 Å².